The quantitative estimate of drug-likeness (QED) is 0.733. The largest absolute Gasteiger partial charge is 0.358 e. The Balaban J connectivity index is 1.95. The highest BCUT2D eigenvalue weighted by Crippen LogP contribution is 2.23. The van der Waals surface area contributed by atoms with Gasteiger partial charge in [-0.1, -0.05) is 0 Å². The number of anilines is 1. The molecule has 0 bridgehead atoms. The summed E-state index contributed by atoms with van der Waals surface area (Å²) in [5.74, 6) is 0.872. The zero-order valence-corrected chi connectivity index (χ0v) is 7.32. The van der Waals surface area contributed by atoms with Crippen molar-refractivity contribution >= 4 is 16.7 Å². The Labute approximate surface area is 70.0 Å². The van der Waals surface area contributed by atoms with Crippen molar-refractivity contribution in [3.8, 4) is 0 Å². The van der Waals surface area contributed by atoms with Crippen LogP contribution in [0.2, 0.25) is 0 Å². The highest BCUT2D eigenvalue weighted by molar-refractivity contribution is 7.09. The van der Waals surface area contributed by atoms with Crippen LogP contribution in [0, 0.1) is 6.92 Å². The third kappa shape index (κ3) is 1.50. The Morgan fingerprint density at radius 2 is 2.36 bits per heavy atom. The molecule has 1 fully saturated rings. The Bertz CT molecular complexity index is 242. The first-order valence-electron chi connectivity index (χ1n) is 3.91. The summed E-state index contributed by atoms with van der Waals surface area (Å²) < 4.78 is 4.10. The lowest BCUT2D eigenvalue weighted by molar-refractivity contribution is 0.445. The van der Waals surface area contributed by atoms with E-state index in [2.05, 4.69) is 14.7 Å². The van der Waals surface area contributed by atoms with Crippen LogP contribution in [0.3, 0.4) is 0 Å². The van der Waals surface area contributed by atoms with Gasteiger partial charge in [-0.25, -0.2) is 4.98 Å². The molecule has 0 radical (unpaired) electrons. The minimum Gasteiger partial charge on any atom is -0.358 e. The Kier molecular flexibility index (Phi) is 1.77. The van der Waals surface area contributed by atoms with Gasteiger partial charge in [-0.05, 0) is 26.2 Å². The maximum atomic E-state index is 4.23. The number of rotatable bonds is 2. The van der Waals surface area contributed by atoms with Gasteiger partial charge in [0.1, 0.15) is 5.82 Å². The first-order chi connectivity index (χ1) is 5.34. The van der Waals surface area contributed by atoms with E-state index in [1.807, 2.05) is 6.92 Å². The number of nitrogens with one attached hydrogen (secondary N) is 1. The minimum atomic E-state index is 0.669. The van der Waals surface area contributed by atoms with E-state index in [4.69, 9.17) is 0 Å². The fourth-order valence-electron chi connectivity index (χ4n) is 1.08. The molecule has 60 valence electrons. The fourth-order valence-corrected chi connectivity index (χ4v) is 1.73. The number of aryl methyl sites for hydroxylation is 1. The molecular formula is C7H11N3S. The normalized spacial score (nSPS) is 17.9. The van der Waals surface area contributed by atoms with E-state index in [0.29, 0.717) is 6.04 Å². The molecule has 0 atom stereocenters. The van der Waals surface area contributed by atoms with E-state index in [1.165, 1.54) is 30.8 Å². The van der Waals surface area contributed by atoms with E-state index in [-0.39, 0.29) is 0 Å². The van der Waals surface area contributed by atoms with Crippen LogP contribution in [-0.4, -0.2) is 15.4 Å². The van der Waals surface area contributed by atoms with E-state index in [9.17, 15) is 0 Å². The van der Waals surface area contributed by atoms with Gasteiger partial charge in [-0.3, -0.25) is 0 Å². The highest BCUT2D eigenvalue weighted by atomic mass is 32.1. The summed E-state index contributed by atoms with van der Waals surface area (Å²) in [5, 5.41) is 4.32. The van der Waals surface area contributed by atoms with Crippen molar-refractivity contribution in [2.24, 2.45) is 0 Å². The number of hydrogen-bond donors (Lipinski definition) is 1. The monoisotopic (exact) mass is 169 g/mol. The molecule has 1 aliphatic carbocycles. The summed E-state index contributed by atoms with van der Waals surface area (Å²) in [7, 11) is 0. The second kappa shape index (κ2) is 2.77. The maximum absolute atomic E-state index is 4.23. The molecule has 1 aromatic heterocycles. The Hall–Kier alpha value is -0.640. The topological polar surface area (TPSA) is 37.8 Å². The second-order valence-electron chi connectivity index (χ2n) is 2.92. The van der Waals surface area contributed by atoms with Crippen LogP contribution in [0.5, 0.6) is 0 Å². The number of aromatic nitrogens is 2. The van der Waals surface area contributed by atoms with Crippen LogP contribution in [-0.2, 0) is 0 Å². The van der Waals surface area contributed by atoms with Crippen LogP contribution < -0.4 is 5.32 Å². The van der Waals surface area contributed by atoms with Crippen LogP contribution in [0.25, 0.3) is 0 Å². The van der Waals surface area contributed by atoms with Crippen LogP contribution in [0.15, 0.2) is 0 Å². The lowest BCUT2D eigenvalue weighted by Crippen LogP contribution is -2.26. The fraction of sp³-hybridized carbons (Fsp3) is 0.714. The first kappa shape index (κ1) is 7.03. The molecule has 0 unspecified atom stereocenters. The summed E-state index contributed by atoms with van der Waals surface area (Å²) in [4.78, 5) is 4.23. The molecule has 1 heterocycles. The lowest BCUT2D eigenvalue weighted by Gasteiger charge is -2.25. The van der Waals surface area contributed by atoms with E-state index in [1.54, 1.807) is 0 Å². The summed E-state index contributed by atoms with van der Waals surface area (Å²) >= 11 is 1.45. The van der Waals surface area contributed by atoms with Crippen molar-refractivity contribution < 1.29 is 0 Å². The van der Waals surface area contributed by atoms with Gasteiger partial charge < -0.3 is 5.32 Å². The molecule has 1 N–H and O–H groups in total. The van der Waals surface area contributed by atoms with Crippen molar-refractivity contribution in [2.75, 3.05) is 5.32 Å². The predicted octanol–water partition coefficient (Wildman–Crippen LogP) is 1.81. The van der Waals surface area contributed by atoms with Gasteiger partial charge >= 0.3 is 0 Å². The third-order valence-electron chi connectivity index (χ3n) is 1.96. The SMILES string of the molecule is Cc1nsc(NC2CCC2)n1. The zero-order valence-electron chi connectivity index (χ0n) is 6.50. The van der Waals surface area contributed by atoms with Crippen LogP contribution in [0.1, 0.15) is 25.1 Å². The molecule has 0 aromatic carbocycles. The van der Waals surface area contributed by atoms with Crippen molar-refractivity contribution in [1.82, 2.24) is 9.36 Å². The van der Waals surface area contributed by atoms with Gasteiger partial charge in [0.2, 0.25) is 5.13 Å². The molecule has 0 amide bonds. The molecule has 1 aliphatic rings. The maximum Gasteiger partial charge on any atom is 0.202 e. The standard InChI is InChI=1S/C7H11N3S/c1-5-8-7(11-10-5)9-6-3-2-4-6/h6H,2-4H2,1H3,(H,8,9,10). The minimum absolute atomic E-state index is 0.669. The van der Waals surface area contributed by atoms with E-state index in [0.717, 1.165) is 11.0 Å². The van der Waals surface area contributed by atoms with Gasteiger partial charge in [0.15, 0.2) is 0 Å². The van der Waals surface area contributed by atoms with Crippen molar-refractivity contribution in [2.45, 2.75) is 32.2 Å². The first-order valence-corrected chi connectivity index (χ1v) is 4.69. The molecular weight excluding hydrogens is 158 g/mol. The van der Waals surface area contributed by atoms with Crippen molar-refractivity contribution in [3.63, 3.8) is 0 Å². The van der Waals surface area contributed by atoms with Crippen molar-refractivity contribution in [1.29, 1.82) is 0 Å². The molecule has 0 saturated heterocycles. The third-order valence-corrected chi connectivity index (χ3v) is 2.70. The average Bonchev–Trinajstić information content (AvgIpc) is 2.27. The Morgan fingerprint density at radius 1 is 1.55 bits per heavy atom. The summed E-state index contributed by atoms with van der Waals surface area (Å²) in [6, 6.07) is 0.669. The van der Waals surface area contributed by atoms with Gasteiger partial charge in [0.25, 0.3) is 0 Å². The molecule has 1 aromatic rings. The van der Waals surface area contributed by atoms with E-state index < -0.39 is 0 Å². The molecule has 0 aliphatic heterocycles. The number of nitrogens with zero attached hydrogens (tertiary/aromatic N) is 2. The molecule has 1 saturated carbocycles. The molecule has 0 spiro atoms. The van der Waals surface area contributed by atoms with Crippen LogP contribution >= 0.6 is 11.5 Å². The summed E-state index contributed by atoms with van der Waals surface area (Å²) in [6.07, 6.45) is 3.94. The molecule has 2 rings (SSSR count). The van der Waals surface area contributed by atoms with Crippen LogP contribution in [0.4, 0.5) is 5.13 Å². The van der Waals surface area contributed by atoms with Crippen molar-refractivity contribution in [3.05, 3.63) is 5.82 Å². The molecule has 4 heteroatoms. The average molecular weight is 169 g/mol. The van der Waals surface area contributed by atoms with Gasteiger partial charge in [-0.15, -0.1) is 0 Å². The van der Waals surface area contributed by atoms with Gasteiger partial charge in [0.05, 0.1) is 0 Å². The number of hydrogen-bond acceptors (Lipinski definition) is 4. The van der Waals surface area contributed by atoms with E-state index >= 15 is 0 Å². The Morgan fingerprint density at radius 3 is 2.82 bits per heavy atom. The molecule has 3 nitrogen and oxygen atoms in total. The molecule has 11 heavy (non-hydrogen) atoms. The lowest BCUT2D eigenvalue weighted by atomic mass is 9.93. The highest BCUT2D eigenvalue weighted by Gasteiger charge is 2.17. The smallest absolute Gasteiger partial charge is 0.202 e. The zero-order chi connectivity index (χ0) is 7.68. The predicted molar refractivity (Wildman–Crippen MR) is 45.9 cm³/mol. The van der Waals surface area contributed by atoms with Gasteiger partial charge in [0, 0.05) is 17.6 Å². The second-order valence-corrected chi connectivity index (χ2v) is 3.67. The summed E-state index contributed by atoms with van der Waals surface area (Å²) in [5.41, 5.74) is 0. The van der Waals surface area contributed by atoms with Gasteiger partial charge in [-0.2, -0.15) is 4.37 Å². The summed E-state index contributed by atoms with van der Waals surface area (Å²) in [6.45, 7) is 1.92.